The second-order valence-corrected chi connectivity index (χ2v) is 8.37. The quantitative estimate of drug-likeness (QED) is 0.534. The van der Waals surface area contributed by atoms with Crippen LogP contribution in [-0.4, -0.2) is 17.1 Å². The molecule has 0 bridgehead atoms. The third-order valence-electron chi connectivity index (χ3n) is 6.04. The number of halogens is 3. The highest BCUT2D eigenvalue weighted by molar-refractivity contribution is 5.94. The molecule has 1 saturated heterocycles. The Morgan fingerprint density at radius 3 is 2.56 bits per heavy atom. The maximum atomic E-state index is 13.4. The summed E-state index contributed by atoms with van der Waals surface area (Å²) in [4.78, 5) is 25.4. The highest BCUT2D eigenvalue weighted by Crippen LogP contribution is 2.36. The SMILES string of the molecule is CC(c1cc(N)cc(C(F)(F)F)c1)c1c(C(N)=O)ccc(=O)n1-c1cccc(C2CCCO2)c1. The molecular weight excluding hydrogens is 447 g/mol. The van der Waals surface area contributed by atoms with E-state index < -0.39 is 29.1 Å². The van der Waals surface area contributed by atoms with Gasteiger partial charge in [-0.1, -0.05) is 19.1 Å². The number of anilines is 1. The van der Waals surface area contributed by atoms with Crippen molar-refractivity contribution in [3.05, 3.63) is 92.9 Å². The number of ether oxygens (including phenoxy) is 1. The van der Waals surface area contributed by atoms with Gasteiger partial charge in [-0.25, -0.2) is 0 Å². The Balaban J connectivity index is 1.93. The molecule has 1 amide bonds. The molecule has 4 N–H and O–H groups in total. The molecule has 1 fully saturated rings. The second kappa shape index (κ2) is 8.98. The van der Waals surface area contributed by atoms with Crippen molar-refractivity contribution in [3.63, 3.8) is 0 Å². The first kappa shape index (κ1) is 23.6. The average Bonchev–Trinajstić information content (AvgIpc) is 3.32. The van der Waals surface area contributed by atoms with Crippen molar-refractivity contribution in [2.75, 3.05) is 12.3 Å². The third kappa shape index (κ3) is 4.56. The van der Waals surface area contributed by atoms with Crippen molar-refractivity contribution < 1.29 is 22.7 Å². The summed E-state index contributed by atoms with van der Waals surface area (Å²) in [7, 11) is 0. The molecule has 6 nitrogen and oxygen atoms in total. The number of rotatable bonds is 5. The fraction of sp³-hybridized carbons (Fsp3) is 0.280. The van der Waals surface area contributed by atoms with Crippen LogP contribution in [0.15, 0.2) is 59.4 Å². The lowest BCUT2D eigenvalue weighted by molar-refractivity contribution is -0.137. The minimum atomic E-state index is -4.61. The van der Waals surface area contributed by atoms with Gasteiger partial charge in [0.05, 0.1) is 17.2 Å². The van der Waals surface area contributed by atoms with Gasteiger partial charge in [-0.3, -0.25) is 14.2 Å². The molecule has 0 aliphatic carbocycles. The van der Waals surface area contributed by atoms with Gasteiger partial charge in [-0.15, -0.1) is 0 Å². The van der Waals surface area contributed by atoms with E-state index in [0.29, 0.717) is 12.3 Å². The van der Waals surface area contributed by atoms with Crippen LogP contribution in [0, 0.1) is 0 Å². The minimum Gasteiger partial charge on any atom is -0.399 e. The number of primary amides is 1. The highest BCUT2D eigenvalue weighted by Gasteiger charge is 2.32. The van der Waals surface area contributed by atoms with Gasteiger partial charge in [-0.05, 0) is 60.4 Å². The van der Waals surface area contributed by atoms with Gasteiger partial charge in [0.15, 0.2) is 0 Å². The van der Waals surface area contributed by atoms with E-state index in [4.69, 9.17) is 16.2 Å². The predicted octanol–water partition coefficient (Wildman–Crippen LogP) is 4.54. The van der Waals surface area contributed by atoms with E-state index in [1.165, 1.54) is 22.8 Å². The molecule has 3 aromatic rings. The lowest BCUT2D eigenvalue weighted by atomic mass is 9.91. The molecule has 178 valence electrons. The van der Waals surface area contributed by atoms with Crippen LogP contribution >= 0.6 is 0 Å². The molecule has 34 heavy (non-hydrogen) atoms. The van der Waals surface area contributed by atoms with Gasteiger partial charge in [0, 0.05) is 35.7 Å². The van der Waals surface area contributed by atoms with Gasteiger partial charge in [-0.2, -0.15) is 13.2 Å². The number of amides is 1. The lowest BCUT2D eigenvalue weighted by Crippen LogP contribution is -2.28. The first-order chi connectivity index (χ1) is 16.1. The molecule has 0 spiro atoms. The van der Waals surface area contributed by atoms with E-state index in [1.807, 2.05) is 6.07 Å². The fourth-order valence-electron chi connectivity index (χ4n) is 4.41. The van der Waals surface area contributed by atoms with E-state index >= 15 is 0 Å². The number of nitrogens with zero attached hydrogens (tertiary/aromatic N) is 1. The standard InChI is InChI=1S/C25H24F3N3O3/c1-14(16-10-17(25(26,27)28)13-18(29)11-16)23-20(24(30)33)7-8-22(32)31(23)19-5-2-4-15(12-19)21-6-3-9-34-21/h2,4-5,7-8,10-14,21H,3,6,9,29H2,1H3,(H2,30,33). The Morgan fingerprint density at radius 2 is 1.91 bits per heavy atom. The molecule has 2 atom stereocenters. The summed E-state index contributed by atoms with van der Waals surface area (Å²) < 4.78 is 47.3. The van der Waals surface area contributed by atoms with Crippen molar-refractivity contribution in [1.82, 2.24) is 4.57 Å². The summed E-state index contributed by atoms with van der Waals surface area (Å²) in [6.45, 7) is 2.25. The smallest absolute Gasteiger partial charge is 0.399 e. The lowest BCUT2D eigenvalue weighted by Gasteiger charge is -2.23. The van der Waals surface area contributed by atoms with Gasteiger partial charge >= 0.3 is 6.18 Å². The van der Waals surface area contributed by atoms with E-state index in [1.54, 1.807) is 25.1 Å². The van der Waals surface area contributed by atoms with Crippen LogP contribution in [0.1, 0.15) is 64.5 Å². The molecule has 4 rings (SSSR count). The molecule has 0 radical (unpaired) electrons. The summed E-state index contributed by atoms with van der Waals surface area (Å²) in [5, 5.41) is 0. The van der Waals surface area contributed by atoms with E-state index in [2.05, 4.69) is 0 Å². The van der Waals surface area contributed by atoms with Crippen molar-refractivity contribution >= 4 is 11.6 Å². The fourth-order valence-corrected chi connectivity index (χ4v) is 4.41. The molecule has 2 unspecified atom stereocenters. The number of alkyl halides is 3. The van der Waals surface area contributed by atoms with Gasteiger partial charge < -0.3 is 16.2 Å². The number of pyridine rings is 1. The topological polar surface area (TPSA) is 100 Å². The summed E-state index contributed by atoms with van der Waals surface area (Å²) in [6.07, 6.45) is -2.96. The van der Waals surface area contributed by atoms with Crippen LogP contribution < -0.4 is 17.0 Å². The molecule has 1 aromatic heterocycles. The zero-order valence-electron chi connectivity index (χ0n) is 18.4. The van der Waals surface area contributed by atoms with Crippen LogP contribution in [-0.2, 0) is 10.9 Å². The molecule has 1 aliphatic rings. The van der Waals surface area contributed by atoms with Crippen LogP contribution in [0.3, 0.4) is 0 Å². The largest absolute Gasteiger partial charge is 0.416 e. The summed E-state index contributed by atoms with van der Waals surface area (Å²) in [6, 6.07) is 12.9. The third-order valence-corrected chi connectivity index (χ3v) is 6.04. The Labute approximate surface area is 194 Å². The Morgan fingerprint density at radius 1 is 1.15 bits per heavy atom. The van der Waals surface area contributed by atoms with E-state index in [9.17, 15) is 22.8 Å². The van der Waals surface area contributed by atoms with Gasteiger partial charge in [0.2, 0.25) is 0 Å². The first-order valence-electron chi connectivity index (χ1n) is 10.8. The Bertz CT molecular complexity index is 1290. The highest BCUT2D eigenvalue weighted by atomic mass is 19.4. The second-order valence-electron chi connectivity index (χ2n) is 8.37. The normalized spacial score (nSPS) is 17.0. The van der Waals surface area contributed by atoms with Crippen molar-refractivity contribution in [2.45, 2.75) is 38.0 Å². The maximum absolute atomic E-state index is 13.4. The summed E-state index contributed by atoms with van der Waals surface area (Å²) in [5.41, 5.74) is 11.7. The number of hydrogen-bond donors (Lipinski definition) is 2. The maximum Gasteiger partial charge on any atom is 0.416 e. The molecule has 0 saturated carbocycles. The van der Waals surface area contributed by atoms with Crippen LogP contribution in [0.25, 0.3) is 5.69 Å². The number of carbonyl (C=O) groups excluding carboxylic acids is 1. The molecular formula is C25H24F3N3O3. The zero-order chi connectivity index (χ0) is 24.6. The van der Waals surface area contributed by atoms with Gasteiger partial charge in [0.1, 0.15) is 0 Å². The first-order valence-corrected chi connectivity index (χ1v) is 10.8. The van der Waals surface area contributed by atoms with Crippen molar-refractivity contribution in [1.29, 1.82) is 0 Å². The van der Waals surface area contributed by atoms with Crippen LogP contribution in [0.4, 0.5) is 18.9 Å². The Kier molecular flexibility index (Phi) is 6.22. The van der Waals surface area contributed by atoms with Gasteiger partial charge in [0.25, 0.3) is 11.5 Å². The Hall–Kier alpha value is -3.59. The number of nitrogen functional groups attached to an aromatic ring is 1. The number of aromatic nitrogens is 1. The van der Waals surface area contributed by atoms with Crippen molar-refractivity contribution in [2.24, 2.45) is 5.73 Å². The molecule has 9 heteroatoms. The number of nitrogens with two attached hydrogens (primary N) is 2. The van der Waals surface area contributed by atoms with E-state index in [0.717, 1.165) is 30.5 Å². The summed E-state index contributed by atoms with van der Waals surface area (Å²) >= 11 is 0. The van der Waals surface area contributed by atoms with Crippen LogP contribution in [0.2, 0.25) is 0 Å². The average molecular weight is 471 g/mol. The number of hydrogen-bond acceptors (Lipinski definition) is 4. The predicted molar refractivity (Wildman–Crippen MR) is 122 cm³/mol. The monoisotopic (exact) mass is 471 g/mol. The molecule has 2 aromatic carbocycles. The molecule has 2 heterocycles. The minimum absolute atomic E-state index is 0.0330. The number of carbonyl (C=O) groups is 1. The number of benzene rings is 2. The summed E-state index contributed by atoms with van der Waals surface area (Å²) in [5.74, 6) is -1.61. The van der Waals surface area contributed by atoms with Crippen LogP contribution in [0.5, 0.6) is 0 Å². The molecule has 1 aliphatic heterocycles. The van der Waals surface area contributed by atoms with E-state index in [-0.39, 0.29) is 28.6 Å². The zero-order valence-corrected chi connectivity index (χ0v) is 18.4. The van der Waals surface area contributed by atoms with Crippen molar-refractivity contribution in [3.8, 4) is 5.69 Å².